The first-order chi connectivity index (χ1) is 17.2. The van der Waals surface area contributed by atoms with Crippen LogP contribution in [0.2, 0.25) is 0 Å². The van der Waals surface area contributed by atoms with Crippen molar-refractivity contribution >= 4 is 39.1 Å². The van der Waals surface area contributed by atoms with Gasteiger partial charge in [0.15, 0.2) is 11.5 Å². The molecule has 1 amide bonds. The highest BCUT2D eigenvalue weighted by atomic mass is 32.1. The van der Waals surface area contributed by atoms with Crippen LogP contribution in [0.5, 0.6) is 11.5 Å². The van der Waals surface area contributed by atoms with E-state index < -0.39 is 0 Å². The standard InChI is InChI=1S/C25H32N6O4S/c1-6-31(7-2)10-11-35-30-20(15-8-9-17-18(12-15)34-14-33-17)21-16-13-19(22(32)29-25(3,4)5)36-23(16)28-24(26)27-21/h8-9,12-13H,6-7,10-11,14H2,1-5H3,(H,29,32)(H2,26,27,28)/b30-20+. The van der Waals surface area contributed by atoms with Gasteiger partial charge in [-0.1, -0.05) is 19.0 Å². The maximum absolute atomic E-state index is 12.9. The van der Waals surface area contributed by atoms with Gasteiger partial charge in [0.05, 0.1) is 4.88 Å². The molecule has 1 aliphatic rings. The summed E-state index contributed by atoms with van der Waals surface area (Å²) in [5, 5.41) is 8.14. The van der Waals surface area contributed by atoms with Crippen molar-refractivity contribution in [1.82, 2.24) is 20.2 Å². The number of fused-ring (bicyclic) bond motifs is 2. The quantitative estimate of drug-likeness (QED) is 0.253. The molecule has 3 heterocycles. The second-order valence-electron chi connectivity index (χ2n) is 9.33. The predicted molar refractivity (Wildman–Crippen MR) is 141 cm³/mol. The van der Waals surface area contributed by atoms with Crippen LogP contribution >= 0.6 is 11.3 Å². The number of thiophene rings is 1. The zero-order valence-electron chi connectivity index (χ0n) is 21.3. The number of hydrogen-bond acceptors (Lipinski definition) is 10. The fourth-order valence-corrected chi connectivity index (χ4v) is 4.66. The molecular formula is C25H32N6O4S. The molecular weight excluding hydrogens is 480 g/mol. The number of aromatic nitrogens is 2. The minimum atomic E-state index is -0.376. The van der Waals surface area contributed by atoms with Crippen molar-refractivity contribution in [2.45, 2.75) is 40.2 Å². The monoisotopic (exact) mass is 512 g/mol. The molecule has 0 aliphatic carbocycles. The molecule has 0 fully saturated rings. The van der Waals surface area contributed by atoms with Gasteiger partial charge in [-0.25, -0.2) is 9.97 Å². The van der Waals surface area contributed by atoms with E-state index in [1.54, 1.807) is 6.07 Å². The molecule has 192 valence electrons. The second kappa shape index (κ2) is 10.7. The Bertz CT molecular complexity index is 1280. The number of anilines is 1. The highest BCUT2D eigenvalue weighted by Gasteiger charge is 2.24. The van der Waals surface area contributed by atoms with E-state index in [9.17, 15) is 4.79 Å². The Morgan fingerprint density at radius 1 is 1.19 bits per heavy atom. The summed E-state index contributed by atoms with van der Waals surface area (Å²) in [5.74, 6) is 1.16. The van der Waals surface area contributed by atoms with Crippen LogP contribution in [-0.2, 0) is 4.84 Å². The van der Waals surface area contributed by atoms with Crippen molar-refractivity contribution in [2.75, 3.05) is 38.8 Å². The fourth-order valence-electron chi connectivity index (χ4n) is 3.73. The number of likely N-dealkylation sites (N-methyl/N-ethyl adjacent to an activating group) is 1. The first-order valence-electron chi connectivity index (χ1n) is 11.9. The summed E-state index contributed by atoms with van der Waals surface area (Å²) in [6, 6.07) is 7.29. The molecule has 0 bridgehead atoms. The topological polar surface area (TPSA) is 124 Å². The van der Waals surface area contributed by atoms with Crippen molar-refractivity contribution in [2.24, 2.45) is 5.16 Å². The Labute approximate surface area is 214 Å². The van der Waals surface area contributed by atoms with Gasteiger partial charge in [-0.2, -0.15) is 0 Å². The first-order valence-corrected chi connectivity index (χ1v) is 12.7. The minimum Gasteiger partial charge on any atom is -0.454 e. The van der Waals surface area contributed by atoms with Crippen LogP contribution in [-0.4, -0.2) is 65.1 Å². The van der Waals surface area contributed by atoms with Crippen molar-refractivity contribution in [3.8, 4) is 11.5 Å². The molecule has 0 saturated heterocycles. The average Bonchev–Trinajstić information content (AvgIpc) is 3.46. The third kappa shape index (κ3) is 5.85. The number of oxime groups is 1. The number of ether oxygens (including phenoxy) is 2. The number of rotatable bonds is 9. The van der Waals surface area contributed by atoms with Crippen LogP contribution in [0.4, 0.5) is 5.95 Å². The molecule has 3 N–H and O–H groups in total. The van der Waals surface area contributed by atoms with Gasteiger partial charge < -0.3 is 30.3 Å². The van der Waals surface area contributed by atoms with Crippen LogP contribution < -0.4 is 20.5 Å². The molecule has 0 atom stereocenters. The molecule has 36 heavy (non-hydrogen) atoms. The first kappa shape index (κ1) is 25.6. The van der Waals surface area contributed by atoms with Crippen molar-refractivity contribution in [3.63, 3.8) is 0 Å². The van der Waals surface area contributed by atoms with Crippen molar-refractivity contribution in [3.05, 3.63) is 40.4 Å². The van der Waals surface area contributed by atoms with E-state index in [1.807, 2.05) is 39.0 Å². The SMILES string of the molecule is CCN(CC)CCO/N=C(\c1ccc2c(c1)OCO2)c1nc(N)nc2sc(C(=O)NC(C)(C)C)cc12. The van der Waals surface area contributed by atoms with Crippen LogP contribution in [0.1, 0.15) is 55.5 Å². The second-order valence-corrected chi connectivity index (χ2v) is 10.4. The molecule has 11 heteroatoms. The molecule has 1 aromatic carbocycles. The number of nitrogens with two attached hydrogens (primary N) is 1. The molecule has 0 radical (unpaired) electrons. The third-order valence-corrected chi connectivity index (χ3v) is 6.57. The smallest absolute Gasteiger partial charge is 0.261 e. The summed E-state index contributed by atoms with van der Waals surface area (Å²) < 4.78 is 11.0. The predicted octanol–water partition coefficient (Wildman–Crippen LogP) is 3.64. The molecule has 0 unspecified atom stereocenters. The van der Waals surface area contributed by atoms with Gasteiger partial charge in [-0.05, 0) is 58.1 Å². The minimum absolute atomic E-state index is 0.0821. The van der Waals surface area contributed by atoms with Gasteiger partial charge >= 0.3 is 0 Å². The van der Waals surface area contributed by atoms with Crippen LogP contribution in [0.3, 0.4) is 0 Å². The lowest BCUT2D eigenvalue weighted by molar-refractivity contribution is 0.0923. The molecule has 10 nitrogen and oxygen atoms in total. The number of benzene rings is 1. The molecule has 2 aromatic heterocycles. The zero-order chi connectivity index (χ0) is 25.9. The van der Waals surface area contributed by atoms with E-state index in [0.29, 0.717) is 50.2 Å². The lowest BCUT2D eigenvalue weighted by atomic mass is 10.0. The lowest BCUT2D eigenvalue weighted by Gasteiger charge is -2.19. The number of nitrogen functional groups attached to an aromatic ring is 1. The number of nitrogens with zero attached hydrogens (tertiary/aromatic N) is 4. The maximum Gasteiger partial charge on any atom is 0.261 e. The zero-order valence-corrected chi connectivity index (χ0v) is 22.1. The van der Waals surface area contributed by atoms with E-state index >= 15 is 0 Å². The van der Waals surface area contributed by atoms with Gasteiger partial charge in [0.1, 0.15) is 22.8 Å². The van der Waals surface area contributed by atoms with Crippen molar-refractivity contribution < 1.29 is 19.1 Å². The molecule has 0 spiro atoms. The van der Waals surface area contributed by atoms with Gasteiger partial charge in [0, 0.05) is 23.0 Å². The Balaban J connectivity index is 1.76. The van der Waals surface area contributed by atoms with Gasteiger partial charge in [0.2, 0.25) is 12.7 Å². The van der Waals surface area contributed by atoms with Gasteiger partial charge in [-0.3, -0.25) is 4.79 Å². The summed E-state index contributed by atoms with van der Waals surface area (Å²) in [4.78, 5) is 30.8. The highest BCUT2D eigenvalue weighted by molar-refractivity contribution is 7.20. The van der Waals surface area contributed by atoms with E-state index in [-0.39, 0.29) is 24.2 Å². The molecule has 4 rings (SSSR count). The summed E-state index contributed by atoms with van der Waals surface area (Å²) in [6.45, 7) is 13.2. The number of amides is 1. The summed E-state index contributed by atoms with van der Waals surface area (Å²) >= 11 is 1.25. The van der Waals surface area contributed by atoms with Crippen molar-refractivity contribution in [1.29, 1.82) is 0 Å². The Kier molecular flexibility index (Phi) is 7.60. The summed E-state index contributed by atoms with van der Waals surface area (Å²) in [6.07, 6.45) is 0. The summed E-state index contributed by atoms with van der Waals surface area (Å²) in [7, 11) is 0. The van der Waals surface area contributed by atoms with Gasteiger partial charge in [-0.15, -0.1) is 11.3 Å². The Morgan fingerprint density at radius 3 is 2.67 bits per heavy atom. The molecule has 3 aromatic rings. The normalized spacial score (nSPS) is 13.4. The third-order valence-electron chi connectivity index (χ3n) is 5.54. The number of carbonyl (C=O) groups excluding carboxylic acids is 1. The number of nitrogens with one attached hydrogen (secondary N) is 1. The van der Waals surface area contributed by atoms with Crippen LogP contribution in [0, 0.1) is 0 Å². The van der Waals surface area contributed by atoms with Crippen LogP contribution in [0.25, 0.3) is 10.2 Å². The summed E-state index contributed by atoms with van der Waals surface area (Å²) in [5.41, 5.74) is 7.37. The lowest BCUT2D eigenvalue weighted by Crippen LogP contribution is -2.40. The van der Waals surface area contributed by atoms with E-state index in [1.165, 1.54) is 11.3 Å². The van der Waals surface area contributed by atoms with E-state index in [4.69, 9.17) is 20.0 Å². The van der Waals surface area contributed by atoms with Gasteiger partial charge in [0.25, 0.3) is 5.91 Å². The number of carbonyl (C=O) groups is 1. The molecule has 0 saturated carbocycles. The Hall–Kier alpha value is -3.44. The maximum atomic E-state index is 12.9. The average molecular weight is 513 g/mol. The molecule has 1 aliphatic heterocycles. The largest absolute Gasteiger partial charge is 0.454 e. The fraction of sp³-hybridized carbons (Fsp3) is 0.440. The van der Waals surface area contributed by atoms with E-state index in [2.05, 4.69) is 39.2 Å². The Morgan fingerprint density at radius 2 is 1.94 bits per heavy atom. The van der Waals surface area contributed by atoms with E-state index in [0.717, 1.165) is 19.6 Å². The van der Waals surface area contributed by atoms with Crippen LogP contribution in [0.15, 0.2) is 29.4 Å². The highest BCUT2D eigenvalue weighted by Crippen LogP contribution is 2.34. The number of hydrogen-bond donors (Lipinski definition) is 2.